The number of aryl methyl sites for hydroxylation is 1. The highest BCUT2D eigenvalue weighted by Crippen LogP contribution is 2.31. The van der Waals surface area contributed by atoms with Crippen LogP contribution in [0.1, 0.15) is 24.2 Å². The normalized spacial score (nSPS) is 13.5. The number of benzene rings is 2. The fourth-order valence-corrected chi connectivity index (χ4v) is 3.44. The van der Waals surface area contributed by atoms with E-state index >= 15 is 0 Å². The summed E-state index contributed by atoms with van der Waals surface area (Å²) < 4.78 is 0. The number of fused-ring (bicyclic) bond motifs is 2. The number of nitrogens with one attached hydrogen (secondary N) is 1. The SMILES string of the molecule is O=C(CCCc1nc2ccccc2[nH]1)N1CCc2ccc(Cl)cc21. The van der Waals surface area contributed by atoms with Crippen molar-refractivity contribution in [3.63, 3.8) is 0 Å². The number of carbonyl (C=O) groups is 1. The van der Waals surface area contributed by atoms with Gasteiger partial charge < -0.3 is 9.88 Å². The Morgan fingerprint density at radius 3 is 3.00 bits per heavy atom. The Balaban J connectivity index is 1.38. The number of carbonyl (C=O) groups excluding carboxylic acids is 1. The Labute approximate surface area is 145 Å². The molecule has 4 rings (SSSR count). The van der Waals surface area contributed by atoms with Crippen molar-refractivity contribution >= 4 is 34.2 Å². The number of rotatable bonds is 4. The van der Waals surface area contributed by atoms with E-state index in [1.165, 1.54) is 5.56 Å². The van der Waals surface area contributed by atoms with Gasteiger partial charge in [-0.3, -0.25) is 4.79 Å². The van der Waals surface area contributed by atoms with Crippen molar-refractivity contribution in [3.8, 4) is 0 Å². The highest BCUT2D eigenvalue weighted by Gasteiger charge is 2.24. The molecule has 0 radical (unpaired) electrons. The van der Waals surface area contributed by atoms with Crippen molar-refractivity contribution in [2.24, 2.45) is 0 Å². The van der Waals surface area contributed by atoms with E-state index in [9.17, 15) is 4.79 Å². The van der Waals surface area contributed by atoms with Gasteiger partial charge in [-0.1, -0.05) is 29.8 Å². The van der Waals surface area contributed by atoms with Gasteiger partial charge in [0.15, 0.2) is 0 Å². The molecule has 1 aliphatic rings. The number of hydrogen-bond donors (Lipinski definition) is 1. The summed E-state index contributed by atoms with van der Waals surface area (Å²) in [6.45, 7) is 0.749. The Bertz CT molecular complexity index is 870. The maximum absolute atomic E-state index is 12.5. The zero-order chi connectivity index (χ0) is 16.5. The van der Waals surface area contributed by atoms with Gasteiger partial charge in [-0.05, 0) is 42.7 Å². The molecule has 0 fully saturated rings. The highest BCUT2D eigenvalue weighted by molar-refractivity contribution is 6.31. The van der Waals surface area contributed by atoms with Crippen LogP contribution in [0.15, 0.2) is 42.5 Å². The van der Waals surface area contributed by atoms with E-state index in [0.29, 0.717) is 11.4 Å². The lowest BCUT2D eigenvalue weighted by Crippen LogP contribution is -2.28. The van der Waals surface area contributed by atoms with E-state index in [1.54, 1.807) is 0 Å². The Hall–Kier alpha value is -2.33. The van der Waals surface area contributed by atoms with E-state index in [4.69, 9.17) is 11.6 Å². The Kier molecular flexibility index (Phi) is 3.98. The van der Waals surface area contributed by atoms with Crippen molar-refractivity contribution in [2.45, 2.75) is 25.7 Å². The lowest BCUT2D eigenvalue weighted by atomic mass is 10.1. The monoisotopic (exact) mass is 339 g/mol. The number of anilines is 1. The maximum atomic E-state index is 12.5. The van der Waals surface area contributed by atoms with Crippen LogP contribution in [0.5, 0.6) is 0 Å². The summed E-state index contributed by atoms with van der Waals surface area (Å²) in [5, 5.41) is 0.677. The van der Waals surface area contributed by atoms with Crippen molar-refractivity contribution < 1.29 is 4.79 Å². The average molecular weight is 340 g/mol. The number of aromatic nitrogens is 2. The van der Waals surface area contributed by atoms with Gasteiger partial charge in [0.2, 0.25) is 5.91 Å². The van der Waals surface area contributed by atoms with Crippen LogP contribution < -0.4 is 4.90 Å². The van der Waals surface area contributed by atoms with Crippen LogP contribution in [0.3, 0.4) is 0 Å². The molecule has 3 aromatic rings. The highest BCUT2D eigenvalue weighted by atomic mass is 35.5. The molecule has 122 valence electrons. The average Bonchev–Trinajstić information content (AvgIpc) is 3.17. The van der Waals surface area contributed by atoms with E-state index in [0.717, 1.165) is 48.4 Å². The van der Waals surface area contributed by atoms with Crippen LogP contribution in [-0.2, 0) is 17.6 Å². The number of H-pyrrole nitrogens is 1. The number of imidazole rings is 1. The Morgan fingerprint density at radius 1 is 1.25 bits per heavy atom. The predicted molar refractivity (Wildman–Crippen MR) is 96.5 cm³/mol. The third-order valence-corrected chi connectivity index (χ3v) is 4.72. The van der Waals surface area contributed by atoms with E-state index < -0.39 is 0 Å². The zero-order valence-corrected chi connectivity index (χ0v) is 14.0. The van der Waals surface area contributed by atoms with E-state index in [2.05, 4.69) is 9.97 Å². The molecule has 1 aromatic heterocycles. The first kappa shape index (κ1) is 15.2. The molecule has 1 aliphatic heterocycles. The van der Waals surface area contributed by atoms with Crippen molar-refractivity contribution in [1.29, 1.82) is 0 Å². The molecule has 2 heterocycles. The fourth-order valence-electron chi connectivity index (χ4n) is 3.28. The summed E-state index contributed by atoms with van der Waals surface area (Å²) in [7, 11) is 0. The van der Waals surface area contributed by atoms with Crippen LogP contribution in [0.2, 0.25) is 5.02 Å². The number of amides is 1. The standard InChI is InChI=1S/C19H18ClN3O/c20-14-9-8-13-10-11-23(17(13)12-14)19(24)7-3-6-18-21-15-4-1-2-5-16(15)22-18/h1-2,4-5,8-9,12H,3,6-7,10-11H2,(H,21,22). The van der Waals surface area contributed by atoms with Crippen LogP contribution >= 0.6 is 11.6 Å². The molecule has 0 saturated carbocycles. The van der Waals surface area contributed by atoms with Crippen molar-refractivity contribution in [2.75, 3.05) is 11.4 Å². The molecule has 0 unspecified atom stereocenters. The summed E-state index contributed by atoms with van der Waals surface area (Å²) in [4.78, 5) is 22.3. The molecule has 0 saturated heterocycles. The lowest BCUT2D eigenvalue weighted by molar-refractivity contribution is -0.118. The van der Waals surface area contributed by atoms with Crippen LogP contribution in [0.4, 0.5) is 5.69 Å². The van der Waals surface area contributed by atoms with Gasteiger partial charge in [0.1, 0.15) is 5.82 Å². The second kappa shape index (κ2) is 6.29. The third-order valence-electron chi connectivity index (χ3n) is 4.49. The first-order valence-corrected chi connectivity index (χ1v) is 8.61. The quantitative estimate of drug-likeness (QED) is 0.777. The van der Waals surface area contributed by atoms with Crippen molar-refractivity contribution in [3.05, 3.63) is 58.9 Å². The molecular formula is C19H18ClN3O. The maximum Gasteiger partial charge on any atom is 0.227 e. The molecule has 2 aromatic carbocycles. The summed E-state index contributed by atoms with van der Waals surface area (Å²) in [5.74, 6) is 1.10. The topological polar surface area (TPSA) is 49.0 Å². The molecule has 24 heavy (non-hydrogen) atoms. The largest absolute Gasteiger partial charge is 0.342 e. The minimum Gasteiger partial charge on any atom is -0.342 e. The molecule has 1 N–H and O–H groups in total. The number of halogens is 1. The minimum absolute atomic E-state index is 0.159. The smallest absolute Gasteiger partial charge is 0.227 e. The van der Waals surface area contributed by atoms with Gasteiger partial charge in [-0.2, -0.15) is 0 Å². The number of para-hydroxylation sites is 2. The minimum atomic E-state index is 0.159. The molecular weight excluding hydrogens is 322 g/mol. The summed E-state index contributed by atoms with van der Waals surface area (Å²) in [5.41, 5.74) is 4.19. The summed E-state index contributed by atoms with van der Waals surface area (Å²) in [6, 6.07) is 13.8. The van der Waals surface area contributed by atoms with Crippen molar-refractivity contribution in [1.82, 2.24) is 9.97 Å². The third kappa shape index (κ3) is 2.89. The summed E-state index contributed by atoms with van der Waals surface area (Å²) in [6.07, 6.45) is 2.98. The molecule has 0 spiro atoms. The second-order valence-electron chi connectivity index (χ2n) is 6.12. The predicted octanol–water partition coefficient (Wildman–Crippen LogP) is 4.13. The molecule has 1 amide bonds. The van der Waals surface area contributed by atoms with Gasteiger partial charge >= 0.3 is 0 Å². The van der Waals surface area contributed by atoms with Crippen LogP contribution in [-0.4, -0.2) is 22.4 Å². The van der Waals surface area contributed by atoms with Gasteiger partial charge in [0, 0.05) is 30.1 Å². The second-order valence-corrected chi connectivity index (χ2v) is 6.56. The van der Waals surface area contributed by atoms with Crippen LogP contribution in [0, 0.1) is 0 Å². The zero-order valence-electron chi connectivity index (χ0n) is 13.3. The molecule has 0 bridgehead atoms. The van der Waals surface area contributed by atoms with Gasteiger partial charge in [0.25, 0.3) is 0 Å². The van der Waals surface area contributed by atoms with E-state index in [1.807, 2.05) is 47.4 Å². The molecule has 4 nitrogen and oxygen atoms in total. The van der Waals surface area contributed by atoms with Gasteiger partial charge in [0.05, 0.1) is 11.0 Å². The van der Waals surface area contributed by atoms with Gasteiger partial charge in [-0.15, -0.1) is 0 Å². The number of nitrogens with zero attached hydrogens (tertiary/aromatic N) is 2. The summed E-state index contributed by atoms with van der Waals surface area (Å²) >= 11 is 6.07. The Morgan fingerprint density at radius 2 is 2.12 bits per heavy atom. The fraction of sp³-hybridized carbons (Fsp3) is 0.263. The number of hydrogen-bond acceptors (Lipinski definition) is 2. The first-order valence-electron chi connectivity index (χ1n) is 8.23. The first-order chi connectivity index (χ1) is 11.7. The number of aromatic amines is 1. The molecule has 5 heteroatoms. The van der Waals surface area contributed by atoms with Crippen LogP contribution in [0.25, 0.3) is 11.0 Å². The lowest BCUT2D eigenvalue weighted by Gasteiger charge is -2.17. The van der Waals surface area contributed by atoms with Gasteiger partial charge in [-0.25, -0.2) is 4.98 Å². The molecule has 0 atom stereocenters. The molecule has 0 aliphatic carbocycles. The van der Waals surface area contributed by atoms with E-state index in [-0.39, 0.29) is 5.91 Å².